The van der Waals surface area contributed by atoms with Gasteiger partial charge >= 0.3 is 0 Å². The predicted molar refractivity (Wildman–Crippen MR) is 44.1 cm³/mol. The minimum atomic E-state index is -0.183. The summed E-state index contributed by atoms with van der Waals surface area (Å²) in [6.45, 7) is 6.12. The van der Waals surface area contributed by atoms with Crippen LogP contribution in [-0.4, -0.2) is 5.24 Å². The van der Waals surface area contributed by atoms with E-state index in [2.05, 4.69) is 6.92 Å². The van der Waals surface area contributed by atoms with Crippen LogP contribution in [-0.2, 0) is 4.79 Å². The van der Waals surface area contributed by atoms with E-state index < -0.39 is 0 Å². The lowest BCUT2D eigenvalue weighted by Gasteiger charge is -2.14. The van der Waals surface area contributed by atoms with Crippen LogP contribution < -0.4 is 0 Å². The van der Waals surface area contributed by atoms with Crippen LogP contribution in [0, 0.1) is 11.8 Å². The van der Waals surface area contributed by atoms with E-state index in [1.807, 2.05) is 13.8 Å². The summed E-state index contributed by atoms with van der Waals surface area (Å²) < 4.78 is 0. The number of hydrogen-bond donors (Lipinski definition) is 0. The summed E-state index contributed by atoms with van der Waals surface area (Å²) in [5.41, 5.74) is 0. The van der Waals surface area contributed by atoms with Gasteiger partial charge in [0.15, 0.2) is 0 Å². The number of hydrogen-bond acceptors (Lipinski definition) is 1. The molecule has 0 aliphatic carbocycles. The molecule has 0 aliphatic heterocycles. The Kier molecular flexibility index (Phi) is 4.71. The fourth-order valence-corrected chi connectivity index (χ4v) is 1.38. The van der Waals surface area contributed by atoms with Crippen LogP contribution in [0.15, 0.2) is 0 Å². The van der Waals surface area contributed by atoms with Crippen LogP contribution in [0.3, 0.4) is 0 Å². The summed E-state index contributed by atoms with van der Waals surface area (Å²) in [5, 5.41) is -0.183. The van der Waals surface area contributed by atoms with Crippen LogP contribution in [0.1, 0.15) is 33.6 Å². The Morgan fingerprint density at radius 1 is 1.50 bits per heavy atom. The minimum absolute atomic E-state index is 0.0617. The van der Waals surface area contributed by atoms with Gasteiger partial charge < -0.3 is 0 Å². The summed E-state index contributed by atoms with van der Waals surface area (Å²) in [5.74, 6) is 0.441. The number of carbonyl (C=O) groups is 1. The molecule has 0 bridgehead atoms. The van der Waals surface area contributed by atoms with Crippen molar-refractivity contribution < 1.29 is 4.79 Å². The smallest absolute Gasteiger partial charge is 0.224 e. The molecule has 0 heterocycles. The zero-order valence-corrected chi connectivity index (χ0v) is 7.61. The molecule has 1 atom stereocenters. The van der Waals surface area contributed by atoms with Crippen LogP contribution in [0.4, 0.5) is 0 Å². The van der Waals surface area contributed by atoms with Crippen molar-refractivity contribution in [1.82, 2.24) is 0 Å². The van der Waals surface area contributed by atoms with E-state index in [9.17, 15) is 4.79 Å². The summed E-state index contributed by atoms with van der Waals surface area (Å²) in [7, 11) is 0. The molecule has 0 fully saturated rings. The monoisotopic (exact) mass is 162 g/mol. The molecule has 0 amide bonds. The van der Waals surface area contributed by atoms with Gasteiger partial charge in [0.25, 0.3) is 0 Å². The van der Waals surface area contributed by atoms with Gasteiger partial charge in [-0.15, -0.1) is 0 Å². The largest absolute Gasteiger partial charge is 0.281 e. The maximum Gasteiger partial charge on any atom is 0.224 e. The second-order valence-corrected chi connectivity index (χ2v) is 3.32. The first-order valence-corrected chi connectivity index (χ1v) is 4.16. The van der Waals surface area contributed by atoms with Crippen LogP contribution in [0.25, 0.3) is 0 Å². The Bertz CT molecular complexity index is 110. The third-order valence-electron chi connectivity index (χ3n) is 1.70. The third-order valence-corrected chi connectivity index (χ3v) is 1.98. The molecule has 0 saturated heterocycles. The van der Waals surface area contributed by atoms with Crippen molar-refractivity contribution in [3.8, 4) is 0 Å². The van der Waals surface area contributed by atoms with Gasteiger partial charge in [0, 0.05) is 5.92 Å². The van der Waals surface area contributed by atoms with Crippen molar-refractivity contribution in [3.63, 3.8) is 0 Å². The molecular formula is C8H15ClO. The van der Waals surface area contributed by atoms with Crippen molar-refractivity contribution in [2.24, 2.45) is 11.8 Å². The zero-order valence-electron chi connectivity index (χ0n) is 6.86. The van der Waals surface area contributed by atoms with Crippen molar-refractivity contribution in [1.29, 1.82) is 0 Å². The Morgan fingerprint density at radius 2 is 2.00 bits per heavy atom. The predicted octanol–water partition coefficient (Wildman–Crippen LogP) is 2.82. The molecule has 0 rings (SSSR count). The molecule has 1 nitrogen and oxygen atoms in total. The lowest BCUT2D eigenvalue weighted by molar-refractivity contribution is -0.116. The van der Waals surface area contributed by atoms with Crippen LogP contribution >= 0.6 is 11.6 Å². The van der Waals surface area contributed by atoms with Crippen LogP contribution in [0.5, 0.6) is 0 Å². The molecular weight excluding hydrogens is 148 g/mol. The second kappa shape index (κ2) is 4.73. The fourth-order valence-electron chi connectivity index (χ4n) is 1.02. The second-order valence-electron chi connectivity index (χ2n) is 2.94. The van der Waals surface area contributed by atoms with Gasteiger partial charge in [-0.05, 0) is 23.9 Å². The summed E-state index contributed by atoms with van der Waals surface area (Å²) in [6, 6.07) is 0. The van der Waals surface area contributed by atoms with E-state index in [4.69, 9.17) is 11.6 Å². The molecule has 0 aromatic heterocycles. The number of halogens is 1. The Labute approximate surface area is 67.8 Å². The van der Waals surface area contributed by atoms with Gasteiger partial charge in [0.2, 0.25) is 5.24 Å². The molecule has 0 radical (unpaired) electrons. The van der Waals surface area contributed by atoms with Crippen molar-refractivity contribution in [2.75, 3.05) is 0 Å². The zero-order chi connectivity index (χ0) is 8.15. The summed E-state index contributed by atoms with van der Waals surface area (Å²) >= 11 is 5.38. The molecule has 0 N–H and O–H groups in total. The van der Waals surface area contributed by atoms with Crippen molar-refractivity contribution in [2.45, 2.75) is 33.6 Å². The van der Waals surface area contributed by atoms with E-state index in [1.165, 1.54) is 0 Å². The van der Waals surface area contributed by atoms with Gasteiger partial charge in [0.1, 0.15) is 0 Å². The van der Waals surface area contributed by atoms with Gasteiger partial charge in [-0.1, -0.05) is 27.2 Å². The van der Waals surface area contributed by atoms with Crippen molar-refractivity contribution in [3.05, 3.63) is 0 Å². The van der Waals surface area contributed by atoms with E-state index in [0.717, 1.165) is 12.8 Å². The SMILES string of the molecule is CCC[C@H](C(=O)Cl)C(C)C. The quantitative estimate of drug-likeness (QED) is 0.581. The lowest BCUT2D eigenvalue weighted by Crippen LogP contribution is -2.15. The molecule has 0 spiro atoms. The third kappa shape index (κ3) is 3.21. The first kappa shape index (κ1) is 9.96. The highest BCUT2D eigenvalue weighted by atomic mass is 35.5. The van der Waals surface area contributed by atoms with E-state index in [-0.39, 0.29) is 11.2 Å². The average Bonchev–Trinajstić information content (AvgIpc) is 1.81. The van der Waals surface area contributed by atoms with Gasteiger partial charge in [-0.25, -0.2) is 0 Å². The number of carbonyl (C=O) groups excluding carboxylic acids is 1. The topological polar surface area (TPSA) is 17.1 Å². The van der Waals surface area contributed by atoms with Gasteiger partial charge in [-0.2, -0.15) is 0 Å². The highest BCUT2D eigenvalue weighted by molar-refractivity contribution is 6.64. The Morgan fingerprint density at radius 3 is 2.10 bits per heavy atom. The Balaban J connectivity index is 3.85. The molecule has 60 valence electrons. The molecule has 10 heavy (non-hydrogen) atoms. The molecule has 0 aromatic carbocycles. The molecule has 0 aliphatic rings. The highest BCUT2D eigenvalue weighted by Gasteiger charge is 2.18. The maximum absolute atomic E-state index is 10.7. The van der Waals surface area contributed by atoms with Crippen molar-refractivity contribution >= 4 is 16.8 Å². The van der Waals surface area contributed by atoms with E-state index >= 15 is 0 Å². The molecule has 2 heteroatoms. The normalized spacial score (nSPS) is 13.7. The standard InChI is InChI=1S/C8H15ClO/c1-4-5-7(6(2)3)8(9)10/h6-7H,4-5H2,1-3H3/t7-/m0/s1. The van der Waals surface area contributed by atoms with E-state index in [1.54, 1.807) is 0 Å². The fraction of sp³-hybridized carbons (Fsp3) is 0.875. The van der Waals surface area contributed by atoms with Gasteiger partial charge in [-0.3, -0.25) is 4.79 Å². The maximum atomic E-state index is 10.7. The highest BCUT2D eigenvalue weighted by Crippen LogP contribution is 2.19. The van der Waals surface area contributed by atoms with Gasteiger partial charge in [0.05, 0.1) is 0 Å². The number of rotatable bonds is 4. The first-order chi connectivity index (χ1) is 4.59. The molecule has 0 unspecified atom stereocenters. The van der Waals surface area contributed by atoms with E-state index in [0.29, 0.717) is 5.92 Å². The lowest BCUT2D eigenvalue weighted by atomic mass is 9.93. The molecule has 0 aromatic rings. The minimum Gasteiger partial charge on any atom is -0.281 e. The molecule has 0 saturated carbocycles. The van der Waals surface area contributed by atoms with Crippen LogP contribution in [0.2, 0.25) is 0 Å². The summed E-state index contributed by atoms with van der Waals surface area (Å²) in [6.07, 6.45) is 1.95. The summed E-state index contributed by atoms with van der Waals surface area (Å²) in [4.78, 5) is 10.7. The Hall–Kier alpha value is -0.0400. The first-order valence-electron chi connectivity index (χ1n) is 3.79. The average molecular weight is 163 g/mol.